The van der Waals surface area contributed by atoms with Gasteiger partial charge in [-0.1, -0.05) is 72.3 Å². The minimum Gasteiger partial charge on any atom is -0.457 e. The summed E-state index contributed by atoms with van der Waals surface area (Å²) in [4.78, 5) is 8.59. The number of anilines is 1. The molecule has 2 heterocycles. The van der Waals surface area contributed by atoms with Crippen LogP contribution in [0.1, 0.15) is 0 Å². The second-order valence-corrected chi connectivity index (χ2v) is 7.58. The van der Waals surface area contributed by atoms with Crippen LogP contribution in [-0.2, 0) is 0 Å². The minimum atomic E-state index is 0.717. The molecular formula is C28H22ClN3O. The molecule has 0 saturated carbocycles. The van der Waals surface area contributed by atoms with E-state index in [2.05, 4.69) is 9.97 Å². The molecule has 0 spiro atoms. The molecule has 3 aromatic carbocycles. The summed E-state index contributed by atoms with van der Waals surface area (Å²) in [6, 6.07) is 34.7. The van der Waals surface area contributed by atoms with E-state index >= 15 is 0 Å². The summed E-state index contributed by atoms with van der Waals surface area (Å²) in [6.45, 7) is 0. The van der Waals surface area contributed by atoms with E-state index < -0.39 is 0 Å². The Balaban J connectivity index is 0.000000172. The fraction of sp³-hybridized carbons (Fsp3) is 0. The second kappa shape index (κ2) is 10.9. The maximum Gasteiger partial charge on any atom is 0.131 e. The normalized spacial score (nSPS) is 10.1. The SMILES string of the molecule is Clc1ccnc(-c2ccccc2)c1.Nc1ccc(Oc2ccnc(-c3ccccc3)c2)cc1. The van der Waals surface area contributed by atoms with E-state index in [9.17, 15) is 0 Å². The van der Waals surface area contributed by atoms with Gasteiger partial charge < -0.3 is 10.5 Å². The van der Waals surface area contributed by atoms with Crippen LogP contribution in [0.25, 0.3) is 22.5 Å². The summed E-state index contributed by atoms with van der Waals surface area (Å²) in [5.74, 6) is 1.51. The number of ether oxygens (including phenoxy) is 1. The van der Waals surface area contributed by atoms with Gasteiger partial charge in [-0.2, -0.15) is 0 Å². The van der Waals surface area contributed by atoms with E-state index in [1.807, 2.05) is 103 Å². The smallest absolute Gasteiger partial charge is 0.131 e. The molecule has 0 radical (unpaired) electrons. The summed E-state index contributed by atoms with van der Waals surface area (Å²) in [5.41, 5.74) is 10.3. The van der Waals surface area contributed by atoms with Crippen molar-refractivity contribution >= 4 is 17.3 Å². The quantitative estimate of drug-likeness (QED) is 0.287. The second-order valence-electron chi connectivity index (χ2n) is 7.14. The lowest BCUT2D eigenvalue weighted by Crippen LogP contribution is -1.88. The van der Waals surface area contributed by atoms with Crippen LogP contribution < -0.4 is 10.5 Å². The van der Waals surface area contributed by atoms with Crippen LogP contribution in [0.2, 0.25) is 5.02 Å². The fourth-order valence-corrected chi connectivity index (χ4v) is 3.24. The highest BCUT2D eigenvalue weighted by Gasteiger charge is 2.02. The first kappa shape index (κ1) is 22.1. The Bertz CT molecular complexity index is 1290. The lowest BCUT2D eigenvalue weighted by atomic mass is 10.1. The third-order valence-electron chi connectivity index (χ3n) is 4.71. The predicted molar refractivity (Wildman–Crippen MR) is 135 cm³/mol. The molecule has 0 amide bonds. The van der Waals surface area contributed by atoms with Crippen LogP contribution in [0.15, 0.2) is 122 Å². The van der Waals surface area contributed by atoms with Crippen molar-refractivity contribution < 1.29 is 4.74 Å². The van der Waals surface area contributed by atoms with Crippen molar-refractivity contribution in [1.82, 2.24) is 9.97 Å². The minimum absolute atomic E-state index is 0.717. The number of aromatic nitrogens is 2. The van der Waals surface area contributed by atoms with Crippen LogP contribution in [-0.4, -0.2) is 9.97 Å². The number of nitrogens with zero attached hydrogens (tertiary/aromatic N) is 2. The molecule has 162 valence electrons. The summed E-state index contributed by atoms with van der Waals surface area (Å²) >= 11 is 5.85. The van der Waals surface area contributed by atoms with Gasteiger partial charge in [-0.15, -0.1) is 0 Å². The van der Waals surface area contributed by atoms with Gasteiger partial charge in [0.15, 0.2) is 0 Å². The van der Waals surface area contributed by atoms with E-state index in [0.717, 1.165) is 39.7 Å². The molecule has 0 atom stereocenters. The number of nitrogen functional groups attached to an aromatic ring is 1. The summed E-state index contributed by atoms with van der Waals surface area (Å²) in [6.07, 6.45) is 3.46. The van der Waals surface area contributed by atoms with Gasteiger partial charge in [-0.25, -0.2) is 0 Å². The molecule has 5 aromatic rings. The van der Waals surface area contributed by atoms with Gasteiger partial charge in [0.05, 0.1) is 11.4 Å². The van der Waals surface area contributed by atoms with Crippen molar-refractivity contribution in [2.75, 3.05) is 5.73 Å². The highest BCUT2D eigenvalue weighted by atomic mass is 35.5. The zero-order chi connectivity index (χ0) is 22.9. The third kappa shape index (κ3) is 6.42. The summed E-state index contributed by atoms with van der Waals surface area (Å²) < 4.78 is 5.80. The van der Waals surface area contributed by atoms with Crippen molar-refractivity contribution in [3.8, 4) is 34.0 Å². The van der Waals surface area contributed by atoms with E-state index in [-0.39, 0.29) is 0 Å². The molecule has 0 aliphatic carbocycles. The van der Waals surface area contributed by atoms with Crippen molar-refractivity contribution in [3.63, 3.8) is 0 Å². The zero-order valence-electron chi connectivity index (χ0n) is 17.8. The fourth-order valence-electron chi connectivity index (χ4n) is 3.08. The van der Waals surface area contributed by atoms with Gasteiger partial charge in [-0.05, 0) is 42.5 Å². The van der Waals surface area contributed by atoms with Crippen LogP contribution in [0.4, 0.5) is 5.69 Å². The first-order valence-electron chi connectivity index (χ1n) is 10.4. The van der Waals surface area contributed by atoms with Crippen LogP contribution in [0.5, 0.6) is 11.5 Å². The average Bonchev–Trinajstić information content (AvgIpc) is 2.87. The summed E-state index contributed by atoms with van der Waals surface area (Å²) in [7, 11) is 0. The van der Waals surface area contributed by atoms with E-state index in [0.29, 0.717) is 5.02 Å². The first-order chi connectivity index (χ1) is 16.2. The number of halogens is 1. The Morgan fingerprint density at radius 1 is 0.576 bits per heavy atom. The maximum atomic E-state index is 5.85. The highest BCUT2D eigenvalue weighted by Crippen LogP contribution is 2.26. The standard InChI is InChI=1S/C17H14N2O.C11H8ClN/c18-14-6-8-15(9-7-14)20-16-10-11-19-17(12-16)13-4-2-1-3-5-13;12-10-6-7-13-11(8-10)9-4-2-1-3-5-9/h1-12H,18H2;1-8H. The zero-order valence-corrected chi connectivity index (χ0v) is 18.6. The van der Waals surface area contributed by atoms with Gasteiger partial charge in [0.2, 0.25) is 0 Å². The van der Waals surface area contributed by atoms with E-state index in [4.69, 9.17) is 22.1 Å². The monoisotopic (exact) mass is 451 g/mol. The Hall–Kier alpha value is -4.15. The van der Waals surface area contributed by atoms with Crippen molar-refractivity contribution in [1.29, 1.82) is 0 Å². The molecule has 4 nitrogen and oxygen atoms in total. The molecule has 0 bridgehead atoms. The van der Waals surface area contributed by atoms with E-state index in [1.165, 1.54) is 0 Å². The van der Waals surface area contributed by atoms with Crippen molar-refractivity contribution in [2.45, 2.75) is 0 Å². The Kier molecular flexibility index (Phi) is 7.31. The van der Waals surface area contributed by atoms with Crippen LogP contribution in [0, 0.1) is 0 Å². The predicted octanol–water partition coefficient (Wildman–Crippen LogP) is 7.53. The molecule has 2 N–H and O–H groups in total. The highest BCUT2D eigenvalue weighted by molar-refractivity contribution is 6.30. The van der Waals surface area contributed by atoms with Gasteiger partial charge >= 0.3 is 0 Å². The molecule has 0 saturated heterocycles. The molecule has 5 heteroatoms. The lowest BCUT2D eigenvalue weighted by Gasteiger charge is -2.07. The Labute approximate surface area is 198 Å². The number of rotatable bonds is 4. The number of hydrogen-bond acceptors (Lipinski definition) is 4. The molecule has 5 rings (SSSR count). The molecule has 0 fully saturated rings. The average molecular weight is 452 g/mol. The molecule has 0 aliphatic heterocycles. The van der Waals surface area contributed by atoms with Gasteiger partial charge in [0.1, 0.15) is 11.5 Å². The van der Waals surface area contributed by atoms with Gasteiger partial charge in [0.25, 0.3) is 0 Å². The molecule has 0 aliphatic rings. The van der Waals surface area contributed by atoms with Crippen LogP contribution >= 0.6 is 11.6 Å². The van der Waals surface area contributed by atoms with Crippen molar-refractivity contribution in [2.24, 2.45) is 0 Å². The maximum absolute atomic E-state index is 5.85. The van der Waals surface area contributed by atoms with Crippen molar-refractivity contribution in [3.05, 3.63) is 127 Å². The summed E-state index contributed by atoms with van der Waals surface area (Å²) in [5, 5.41) is 0.717. The number of nitrogens with two attached hydrogens (primary N) is 1. The topological polar surface area (TPSA) is 61.0 Å². The van der Waals surface area contributed by atoms with Gasteiger partial charge in [-0.3, -0.25) is 9.97 Å². The molecular weight excluding hydrogens is 430 g/mol. The number of benzene rings is 3. The Morgan fingerprint density at radius 3 is 1.70 bits per heavy atom. The molecule has 0 unspecified atom stereocenters. The van der Waals surface area contributed by atoms with E-state index in [1.54, 1.807) is 18.5 Å². The lowest BCUT2D eigenvalue weighted by molar-refractivity contribution is 0.482. The molecule has 33 heavy (non-hydrogen) atoms. The largest absolute Gasteiger partial charge is 0.457 e. The Morgan fingerprint density at radius 2 is 1.12 bits per heavy atom. The third-order valence-corrected chi connectivity index (χ3v) is 4.94. The van der Waals surface area contributed by atoms with Crippen LogP contribution in [0.3, 0.4) is 0 Å². The molecule has 2 aromatic heterocycles. The first-order valence-corrected chi connectivity index (χ1v) is 10.8. The van der Waals surface area contributed by atoms with Gasteiger partial charge in [0, 0.05) is 40.3 Å². The number of pyridine rings is 2. The number of hydrogen-bond donors (Lipinski definition) is 1.